The van der Waals surface area contributed by atoms with Crippen LogP contribution >= 0.6 is 12.4 Å². The van der Waals surface area contributed by atoms with Gasteiger partial charge in [0.25, 0.3) is 5.91 Å². The number of carbonyl (C=O) groups excluding carboxylic acids is 3. The maximum atomic E-state index is 13.1. The third-order valence-electron chi connectivity index (χ3n) is 13.0. The molecule has 2 aromatic rings. The molecule has 4 saturated heterocycles. The van der Waals surface area contributed by atoms with Crippen molar-refractivity contribution < 1.29 is 47.8 Å². The lowest BCUT2D eigenvalue weighted by Gasteiger charge is -2.55. The fraction of sp³-hybridized carbons (Fsp3) is 0.500. The number of aryl methyl sites for hydroxylation is 1. The molecule has 2 amide bonds. The lowest BCUT2D eigenvalue weighted by atomic mass is 9.71. The Labute approximate surface area is 315 Å². The Balaban J connectivity index is 0.00000435. The molecule has 4 unspecified atom stereocenters. The van der Waals surface area contributed by atoms with Crippen molar-refractivity contribution in [3.05, 3.63) is 70.4 Å². The van der Waals surface area contributed by atoms with Crippen molar-refractivity contribution in [3.8, 4) is 16.9 Å². The number of aliphatic hydroxyl groups is 1. The van der Waals surface area contributed by atoms with Gasteiger partial charge in [-0.2, -0.15) is 0 Å². The SMILES string of the molecule is COC(=O)C=C1c2cc(CCC[N+]34CC[N+](CC(N)=O)(CC3)CC4)ccc2-c2c(OC3CCC[C@H]4C3=C(C(=O)O)N3C(=O)C(C(C)O)C43)cccc21.Cl. The zero-order chi connectivity index (χ0) is 36.5. The second-order valence-electron chi connectivity index (χ2n) is 15.8. The number of quaternary nitrogens is 2. The number of piperazine rings is 3. The number of methoxy groups -OCH3 is 1. The maximum Gasteiger partial charge on any atom is 0.352 e. The average molecular weight is 749 g/mol. The molecule has 4 N–H and O–H groups in total. The second kappa shape index (κ2) is 13.9. The van der Waals surface area contributed by atoms with Crippen molar-refractivity contribution in [1.82, 2.24) is 4.90 Å². The van der Waals surface area contributed by atoms with Gasteiger partial charge in [-0.15, -0.1) is 12.4 Å². The number of esters is 1. The molecule has 5 heterocycles. The predicted octanol–water partition coefficient (Wildman–Crippen LogP) is 2.88. The topological polar surface area (TPSA) is 156 Å². The van der Waals surface area contributed by atoms with Gasteiger partial charge in [0.05, 0.1) is 31.7 Å². The number of benzene rings is 2. The summed E-state index contributed by atoms with van der Waals surface area (Å²) in [4.78, 5) is 51.5. The highest BCUT2D eigenvalue weighted by molar-refractivity contribution is 6.08. The number of aliphatic carboxylic acids is 1. The number of primary amides is 1. The van der Waals surface area contributed by atoms with E-state index < -0.39 is 30.1 Å². The smallest absolute Gasteiger partial charge is 0.352 e. The van der Waals surface area contributed by atoms with Crippen LogP contribution in [-0.4, -0.2) is 126 Å². The van der Waals surface area contributed by atoms with Crippen LogP contribution in [0.25, 0.3) is 16.7 Å². The Morgan fingerprint density at radius 2 is 1.74 bits per heavy atom. The fourth-order valence-corrected chi connectivity index (χ4v) is 10.4. The molecule has 9 rings (SSSR count). The van der Waals surface area contributed by atoms with E-state index >= 15 is 0 Å². The minimum Gasteiger partial charge on any atom is -0.485 e. The van der Waals surface area contributed by atoms with E-state index in [1.165, 1.54) is 23.6 Å². The number of carboxylic acid groups (broad SMARTS) is 1. The number of nitrogens with two attached hydrogens (primary N) is 1. The first-order chi connectivity index (χ1) is 24.9. The highest BCUT2D eigenvalue weighted by atomic mass is 35.5. The Hall–Kier alpha value is -4.23. The average Bonchev–Trinajstić information content (AvgIpc) is 3.59. The Kier molecular flexibility index (Phi) is 9.72. The molecular weight excluding hydrogens is 700 g/mol. The Morgan fingerprint density at radius 1 is 1.02 bits per heavy atom. The quantitative estimate of drug-likeness (QED) is 0.117. The molecule has 53 heavy (non-hydrogen) atoms. The van der Waals surface area contributed by atoms with Crippen LogP contribution in [0.2, 0.25) is 0 Å². The van der Waals surface area contributed by atoms with Crippen molar-refractivity contribution >= 4 is 41.7 Å². The van der Waals surface area contributed by atoms with E-state index in [0.717, 1.165) is 108 Å². The first-order valence-corrected chi connectivity index (χ1v) is 18.7. The highest BCUT2D eigenvalue weighted by Crippen LogP contribution is 2.54. The molecule has 0 radical (unpaired) electrons. The first-order valence-electron chi connectivity index (χ1n) is 18.7. The molecule has 5 fully saturated rings. The summed E-state index contributed by atoms with van der Waals surface area (Å²) in [6.07, 6.45) is 4.13. The number of halogens is 1. The van der Waals surface area contributed by atoms with Gasteiger partial charge in [0.1, 0.15) is 56.8 Å². The summed E-state index contributed by atoms with van der Waals surface area (Å²) in [5.41, 5.74) is 11.7. The lowest BCUT2D eigenvalue weighted by molar-refractivity contribution is -1.08. The summed E-state index contributed by atoms with van der Waals surface area (Å²) in [5.74, 6) is -2.40. The van der Waals surface area contributed by atoms with Crippen molar-refractivity contribution in [2.75, 3.05) is 59.5 Å². The van der Waals surface area contributed by atoms with Crippen molar-refractivity contribution in [2.24, 2.45) is 17.6 Å². The molecule has 12 nitrogen and oxygen atoms in total. The number of ether oxygens (including phenoxy) is 2. The molecule has 2 bridgehead atoms. The molecule has 2 aromatic carbocycles. The maximum absolute atomic E-state index is 13.1. The minimum absolute atomic E-state index is 0. The summed E-state index contributed by atoms with van der Waals surface area (Å²) >= 11 is 0. The normalized spacial score (nSPS) is 30.4. The number of carbonyl (C=O) groups is 4. The Bertz CT molecular complexity index is 1920. The number of amides is 2. The van der Waals surface area contributed by atoms with Crippen LogP contribution in [0.15, 0.2) is 53.7 Å². The van der Waals surface area contributed by atoms with Gasteiger partial charge in [-0.3, -0.25) is 9.59 Å². The van der Waals surface area contributed by atoms with E-state index in [2.05, 4.69) is 18.2 Å². The number of aliphatic hydroxyl groups excluding tert-OH is 1. The summed E-state index contributed by atoms with van der Waals surface area (Å²) in [6.45, 7) is 9.34. The van der Waals surface area contributed by atoms with Crippen LogP contribution in [0, 0.1) is 11.8 Å². The summed E-state index contributed by atoms with van der Waals surface area (Å²) in [6, 6.07) is 11.8. The molecule has 282 valence electrons. The molecule has 1 saturated carbocycles. The molecule has 2 aliphatic carbocycles. The zero-order valence-electron chi connectivity index (χ0n) is 30.3. The van der Waals surface area contributed by atoms with Gasteiger partial charge in [0.15, 0.2) is 6.54 Å². The van der Waals surface area contributed by atoms with Crippen molar-refractivity contribution in [2.45, 2.75) is 57.3 Å². The molecule has 0 aromatic heterocycles. The number of nitrogens with zero attached hydrogens (tertiary/aromatic N) is 3. The van der Waals surface area contributed by atoms with Gasteiger partial charge in [0, 0.05) is 29.6 Å². The largest absolute Gasteiger partial charge is 0.485 e. The summed E-state index contributed by atoms with van der Waals surface area (Å²) in [5, 5.41) is 20.7. The van der Waals surface area contributed by atoms with Crippen molar-refractivity contribution in [3.63, 3.8) is 0 Å². The zero-order valence-corrected chi connectivity index (χ0v) is 31.1. The molecule has 5 aliphatic heterocycles. The number of β-lactam (4-membered cyclic amide) rings is 1. The number of fused-ring (bicyclic) bond motifs is 9. The van der Waals surface area contributed by atoms with Gasteiger partial charge in [-0.1, -0.05) is 30.3 Å². The highest BCUT2D eigenvalue weighted by Gasteiger charge is 2.62. The van der Waals surface area contributed by atoms with Crippen LogP contribution in [0.1, 0.15) is 49.3 Å². The van der Waals surface area contributed by atoms with Gasteiger partial charge < -0.3 is 39.3 Å². The van der Waals surface area contributed by atoms with E-state index in [1.807, 2.05) is 18.2 Å². The Morgan fingerprint density at radius 3 is 2.40 bits per heavy atom. The van der Waals surface area contributed by atoms with E-state index in [9.17, 15) is 29.4 Å². The van der Waals surface area contributed by atoms with Crippen LogP contribution in [0.4, 0.5) is 0 Å². The van der Waals surface area contributed by atoms with E-state index in [0.29, 0.717) is 24.3 Å². The third-order valence-corrected chi connectivity index (χ3v) is 13.0. The van der Waals surface area contributed by atoms with Gasteiger partial charge in [-0.25, -0.2) is 9.59 Å². The van der Waals surface area contributed by atoms with E-state index in [4.69, 9.17) is 15.2 Å². The van der Waals surface area contributed by atoms with E-state index in [-0.39, 0.29) is 41.9 Å². The van der Waals surface area contributed by atoms with Gasteiger partial charge in [-0.05, 0) is 66.5 Å². The monoisotopic (exact) mass is 748 g/mol. The molecule has 5 atom stereocenters. The first kappa shape index (κ1) is 37.1. The number of hydrogen-bond acceptors (Lipinski definition) is 7. The van der Waals surface area contributed by atoms with Gasteiger partial charge >= 0.3 is 11.9 Å². The van der Waals surface area contributed by atoms with Crippen LogP contribution in [0.5, 0.6) is 5.75 Å². The summed E-state index contributed by atoms with van der Waals surface area (Å²) < 4.78 is 13.8. The number of carboxylic acids is 1. The van der Waals surface area contributed by atoms with Crippen LogP contribution < -0.4 is 10.5 Å². The molecule has 13 heteroatoms. The van der Waals surface area contributed by atoms with Gasteiger partial charge in [0.2, 0.25) is 5.91 Å². The fourth-order valence-electron chi connectivity index (χ4n) is 10.4. The molecule has 0 spiro atoms. The summed E-state index contributed by atoms with van der Waals surface area (Å²) in [7, 11) is 1.36. The molecule has 7 aliphatic rings. The van der Waals surface area contributed by atoms with Crippen molar-refractivity contribution in [1.29, 1.82) is 0 Å². The third kappa shape index (κ3) is 6.13. The standard InChI is InChI=1S/C40H46N4O8.ClH/c1-23(45)34-37-27-8-4-10-31(36(27)38(40(49)50)42(37)39(34)48)52-30-9-3-7-25-29(21-33(47)51-2)28-20-24(11-12-26(28)35(25)30)6-5-13-43-14-17-44(18-15-43,19-16-43)22-32(41)46;/h3,7,9,11-12,20-21,23,27,31,34,37,45H,4-6,8,10,13-19,22H2,1-2H3,(H-2,41,46,49,50);1H/p+2/t23?,27-,31?,34?,37?,43?,44?;/m0./s1. The minimum atomic E-state index is -1.16. The predicted molar refractivity (Wildman–Crippen MR) is 197 cm³/mol. The van der Waals surface area contributed by atoms with Crippen LogP contribution in [0.3, 0.4) is 0 Å². The second-order valence-corrected chi connectivity index (χ2v) is 15.8. The number of rotatable bonds is 11. The lowest BCUT2D eigenvalue weighted by Crippen LogP contribution is -2.76. The van der Waals surface area contributed by atoms with E-state index in [1.54, 1.807) is 6.92 Å². The molecular formula is C40H49ClN4O8+2. The number of hydrogen-bond donors (Lipinski definition) is 3. The van der Waals surface area contributed by atoms with Crippen LogP contribution in [-0.2, 0) is 30.3 Å².